The van der Waals surface area contributed by atoms with Gasteiger partial charge < -0.3 is 14.7 Å². The molecule has 2 aromatic rings. The van der Waals surface area contributed by atoms with Gasteiger partial charge in [0.2, 0.25) is 0 Å². The largest absolute Gasteiger partial charge is 0.356 e. The zero-order valence-corrected chi connectivity index (χ0v) is 16.1. The molecule has 138 valence electrons. The molecule has 0 radical (unpaired) electrons. The Morgan fingerprint density at radius 2 is 1.58 bits per heavy atom. The summed E-state index contributed by atoms with van der Waals surface area (Å²) in [5.41, 5.74) is 0.839. The fourth-order valence-corrected chi connectivity index (χ4v) is 4.53. The van der Waals surface area contributed by atoms with Crippen LogP contribution in [0.25, 0.3) is 0 Å². The second kappa shape index (κ2) is 7.19. The van der Waals surface area contributed by atoms with E-state index in [1.807, 2.05) is 18.7 Å². The van der Waals surface area contributed by atoms with E-state index in [4.69, 9.17) is 0 Å². The van der Waals surface area contributed by atoms with E-state index in [9.17, 15) is 4.79 Å². The van der Waals surface area contributed by atoms with Gasteiger partial charge in [0.25, 0.3) is 5.91 Å². The fraction of sp³-hybridized carbons (Fsp3) is 0.556. The molecule has 26 heavy (non-hydrogen) atoms. The van der Waals surface area contributed by atoms with Crippen molar-refractivity contribution in [1.29, 1.82) is 0 Å². The van der Waals surface area contributed by atoms with Crippen molar-refractivity contribution < 1.29 is 4.79 Å². The van der Waals surface area contributed by atoms with Crippen molar-refractivity contribution in [3.8, 4) is 0 Å². The summed E-state index contributed by atoms with van der Waals surface area (Å²) in [5.74, 6) is 2.08. The summed E-state index contributed by atoms with van der Waals surface area (Å²) >= 11 is 1.49. The first-order chi connectivity index (χ1) is 12.6. The van der Waals surface area contributed by atoms with Crippen LogP contribution in [0.1, 0.15) is 33.2 Å². The van der Waals surface area contributed by atoms with Crippen molar-refractivity contribution in [2.24, 2.45) is 0 Å². The van der Waals surface area contributed by atoms with E-state index < -0.39 is 0 Å². The Morgan fingerprint density at radius 1 is 0.962 bits per heavy atom. The van der Waals surface area contributed by atoms with Gasteiger partial charge in [0, 0.05) is 45.3 Å². The van der Waals surface area contributed by atoms with Crippen molar-refractivity contribution in [2.45, 2.75) is 26.7 Å². The number of amides is 1. The number of rotatable bonds is 3. The lowest BCUT2D eigenvalue weighted by Gasteiger charge is -2.35. The number of hydrogen-bond acceptors (Lipinski definition) is 7. The molecule has 2 saturated heterocycles. The average Bonchev–Trinajstić information content (AvgIpc) is 3.31. The molecule has 0 aliphatic carbocycles. The van der Waals surface area contributed by atoms with Crippen molar-refractivity contribution in [2.75, 3.05) is 49.1 Å². The third kappa shape index (κ3) is 3.38. The van der Waals surface area contributed by atoms with Gasteiger partial charge in [0.05, 0.1) is 10.7 Å². The van der Waals surface area contributed by atoms with Crippen LogP contribution in [-0.4, -0.2) is 65.0 Å². The molecule has 4 heterocycles. The van der Waals surface area contributed by atoms with Crippen LogP contribution in [0.5, 0.6) is 0 Å². The Balaban J connectivity index is 1.41. The Kier molecular flexibility index (Phi) is 4.76. The lowest BCUT2D eigenvalue weighted by atomic mass is 10.2. The first-order valence-electron chi connectivity index (χ1n) is 9.17. The molecule has 0 bridgehead atoms. The monoisotopic (exact) mass is 372 g/mol. The zero-order valence-electron chi connectivity index (χ0n) is 15.3. The van der Waals surface area contributed by atoms with Crippen LogP contribution in [0.15, 0.2) is 12.4 Å². The van der Waals surface area contributed by atoms with Crippen LogP contribution in [-0.2, 0) is 0 Å². The van der Waals surface area contributed by atoms with Crippen LogP contribution in [0.4, 0.5) is 11.6 Å². The highest BCUT2D eigenvalue weighted by atomic mass is 32.1. The summed E-state index contributed by atoms with van der Waals surface area (Å²) in [7, 11) is 0. The number of thiazole rings is 1. The lowest BCUT2D eigenvalue weighted by molar-refractivity contribution is 0.0750. The molecular formula is C18H24N6OS. The molecule has 0 aromatic carbocycles. The number of carbonyl (C=O) groups excluding carboxylic acids is 1. The van der Waals surface area contributed by atoms with Gasteiger partial charge in [0.15, 0.2) is 0 Å². The quantitative estimate of drug-likeness (QED) is 0.822. The normalized spacial score (nSPS) is 17.8. The summed E-state index contributed by atoms with van der Waals surface area (Å²) in [6.07, 6.45) is 4.12. The van der Waals surface area contributed by atoms with Gasteiger partial charge in [-0.05, 0) is 26.7 Å². The van der Waals surface area contributed by atoms with E-state index >= 15 is 0 Å². The third-order valence-electron chi connectivity index (χ3n) is 5.06. The molecule has 0 unspecified atom stereocenters. The minimum Gasteiger partial charge on any atom is -0.356 e. The molecule has 4 rings (SSSR count). The molecular weight excluding hydrogens is 348 g/mol. The van der Waals surface area contributed by atoms with Crippen LogP contribution >= 0.6 is 11.3 Å². The Bertz CT molecular complexity index is 793. The minimum absolute atomic E-state index is 0.105. The minimum atomic E-state index is 0.105. The molecule has 2 aliphatic rings. The highest BCUT2D eigenvalue weighted by Crippen LogP contribution is 2.24. The highest BCUT2D eigenvalue weighted by Gasteiger charge is 2.26. The Labute approximate surface area is 157 Å². The molecule has 0 spiro atoms. The summed E-state index contributed by atoms with van der Waals surface area (Å²) in [5, 5.41) is 0.944. The van der Waals surface area contributed by atoms with Crippen LogP contribution in [0.3, 0.4) is 0 Å². The van der Waals surface area contributed by atoms with Gasteiger partial charge in [-0.25, -0.2) is 15.0 Å². The van der Waals surface area contributed by atoms with Crippen molar-refractivity contribution in [1.82, 2.24) is 19.9 Å². The summed E-state index contributed by atoms with van der Waals surface area (Å²) in [6, 6.07) is 2.08. The van der Waals surface area contributed by atoms with Gasteiger partial charge in [-0.1, -0.05) is 0 Å². The first-order valence-corrected chi connectivity index (χ1v) is 9.99. The molecule has 0 atom stereocenters. The van der Waals surface area contributed by atoms with E-state index in [1.165, 1.54) is 24.2 Å². The predicted octanol–water partition coefficient (Wildman–Crippen LogP) is 2.11. The number of piperazine rings is 1. The molecule has 7 nitrogen and oxygen atoms in total. The molecule has 2 aliphatic heterocycles. The van der Waals surface area contributed by atoms with E-state index in [0.29, 0.717) is 13.1 Å². The van der Waals surface area contributed by atoms with E-state index in [-0.39, 0.29) is 5.91 Å². The smallest absolute Gasteiger partial charge is 0.265 e. The molecule has 2 fully saturated rings. The number of anilines is 2. The number of aryl methyl sites for hydroxylation is 2. The van der Waals surface area contributed by atoms with Gasteiger partial charge >= 0.3 is 0 Å². The fourth-order valence-electron chi connectivity index (χ4n) is 3.64. The average molecular weight is 372 g/mol. The molecule has 1 amide bonds. The molecule has 8 heteroatoms. The highest BCUT2D eigenvalue weighted by molar-refractivity contribution is 7.13. The number of carbonyl (C=O) groups is 1. The standard InChI is InChI=1S/C18H24N6OS/c1-13-17(26-14(2)21-13)18(25)24-9-7-23(8-10-24)16-11-15(19-12-20-16)22-5-3-4-6-22/h11-12H,3-10H2,1-2H3. The van der Waals surface area contributed by atoms with Gasteiger partial charge in [-0.15, -0.1) is 11.3 Å². The number of aromatic nitrogens is 3. The first kappa shape index (κ1) is 17.2. The van der Waals surface area contributed by atoms with Gasteiger partial charge in [-0.3, -0.25) is 4.79 Å². The topological polar surface area (TPSA) is 65.5 Å². The SMILES string of the molecule is Cc1nc(C)c(C(=O)N2CCN(c3cc(N4CCCC4)ncn3)CC2)s1. The van der Waals surface area contributed by atoms with Gasteiger partial charge in [0.1, 0.15) is 22.8 Å². The zero-order chi connectivity index (χ0) is 18.1. The molecule has 0 N–H and O–H groups in total. The van der Waals surface area contributed by atoms with Crippen molar-refractivity contribution in [3.63, 3.8) is 0 Å². The van der Waals surface area contributed by atoms with Crippen LogP contribution in [0.2, 0.25) is 0 Å². The maximum Gasteiger partial charge on any atom is 0.265 e. The van der Waals surface area contributed by atoms with Crippen LogP contribution < -0.4 is 9.80 Å². The van der Waals surface area contributed by atoms with Crippen molar-refractivity contribution in [3.05, 3.63) is 28.0 Å². The maximum absolute atomic E-state index is 12.8. The molecule has 0 saturated carbocycles. The van der Waals surface area contributed by atoms with E-state index in [1.54, 1.807) is 6.33 Å². The maximum atomic E-state index is 12.8. The van der Waals surface area contributed by atoms with Crippen molar-refractivity contribution >= 4 is 28.9 Å². The number of nitrogens with zero attached hydrogens (tertiary/aromatic N) is 6. The summed E-state index contributed by atoms with van der Waals surface area (Å²) in [4.78, 5) is 33.3. The molecule has 2 aromatic heterocycles. The third-order valence-corrected chi connectivity index (χ3v) is 6.12. The predicted molar refractivity (Wildman–Crippen MR) is 103 cm³/mol. The Morgan fingerprint density at radius 3 is 2.15 bits per heavy atom. The summed E-state index contributed by atoms with van der Waals surface area (Å²) in [6.45, 7) is 9.00. The second-order valence-corrected chi connectivity index (χ2v) is 8.06. The summed E-state index contributed by atoms with van der Waals surface area (Å²) < 4.78 is 0. The van der Waals surface area contributed by atoms with Crippen LogP contribution in [0, 0.1) is 13.8 Å². The number of hydrogen-bond donors (Lipinski definition) is 0. The second-order valence-electron chi connectivity index (χ2n) is 6.86. The Hall–Kier alpha value is -2.22. The van der Waals surface area contributed by atoms with Gasteiger partial charge in [-0.2, -0.15) is 0 Å². The van der Waals surface area contributed by atoms with E-state index in [2.05, 4.69) is 30.8 Å². The lowest BCUT2D eigenvalue weighted by Crippen LogP contribution is -2.49. The van der Waals surface area contributed by atoms with E-state index in [0.717, 1.165) is 53.4 Å².